The van der Waals surface area contributed by atoms with Crippen LogP contribution in [-0.2, 0) is 44.9 Å². The van der Waals surface area contributed by atoms with Crippen molar-refractivity contribution in [3.05, 3.63) is 94.5 Å². The fraction of sp³-hybridized carbons (Fsp3) is 0.231. The highest BCUT2D eigenvalue weighted by atomic mass is 32.2. The zero-order valence-electron chi connectivity index (χ0n) is 20.3. The molecule has 0 unspecified atom stereocenters. The Morgan fingerprint density at radius 1 is 0.850 bits per heavy atom. The van der Waals surface area contributed by atoms with E-state index >= 15 is 0 Å². The van der Waals surface area contributed by atoms with Crippen LogP contribution in [-0.4, -0.2) is 37.8 Å². The van der Waals surface area contributed by atoms with Gasteiger partial charge in [0.25, 0.3) is 5.91 Å². The molecule has 1 aliphatic rings. The molecule has 0 atom stereocenters. The van der Waals surface area contributed by atoms with Crippen molar-refractivity contribution in [3.8, 4) is 0 Å². The number of nitrogens with zero attached hydrogens (tertiary/aromatic N) is 1. The Hall–Kier alpha value is -3.91. The molecule has 40 heavy (non-hydrogen) atoms. The molecule has 1 amide bonds. The summed E-state index contributed by atoms with van der Waals surface area (Å²) in [6.07, 6.45) is -9.67. The minimum atomic E-state index is -5.11. The van der Waals surface area contributed by atoms with E-state index in [1.54, 1.807) is 0 Å². The largest absolute Gasteiger partial charge is 0.452 e. The second kappa shape index (κ2) is 10.9. The van der Waals surface area contributed by atoms with E-state index in [1.165, 1.54) is 16.4 Å². The Morgan fingerprint density at radius 3 is 2.00 bits per heavy atom. The molecule has 212 valence electrons. The minimum Gasteiger partial charge on any atom is -0.452 e. The minimum absolute atomic E-state index is 0.0776. The predicted octanol–water partition coefficient (Wildman–Crippen LogP) is 5.27. The van der Waals surface area contributed by atoms with Crippen LogP contribution in [0.5, 0.6) is 0 Å². The van der Waals surface area contributed by atoms with E-state index in [9.17, 15) is 44.3 Å². The summed E-state index contributed by atoms with van der Waals surface area (Å²) in [5.74, 6) is -2.25. The second-order valence-corrected chi connectivity index (χ2v) is 10.7. The number of carbonyl (C=O) groups excluding carboxylic acids is 2. The van der Waals surface area contributed by atoms with E-state index in [0.29, 0.717) is 18.6 Å². The third-order valence-corrected chi connectivity index (χ3v) is 7.89. The van der Waals surface area contributed by atoms with Crippen LogP contribution < -0.4 is 5.32 Å². The first kappa shape index (κ1) is 29.1. The standard InChI is InChI=1S/C26H20F6N2O5S/c27-25(28,29)19-11-20(26(30,31)32)13-21(12-19)33-23(35)15-39-24(36)17-5-7-22(8-6-17)40(37,38)34-10-9-16-3-1-2-4-18(16)14-34/h1-8,11-13H,9-10,14-15H2,(H,33,35). The van der Waals surface area contributed by atoms with E-state index in [-0.39, 0.29) is 29.6 Å². The third-order valence-electron chi connectivity index (χ3n) is 6.03. The van der Waals surface area contributed by atoms with Gasteiger partial charge in [-0.3, -0.25) is 4.79 Å². The first-order chi connectivity index (χ1) is 18.6. The van der Waals surface area contributed by atoms with Crippen LogP contribution in [0, 0.1) is 0 Å². The summed E-state index contributed by atoms with van der Waals surface area (Å²) in [7, 11) is -3.88. The van der Waals surface area contributed by atoms with Gasteiger partial charge in [-0.15, -0.1) is 0 Å². The Labute approximate surface area is 224 Å². The highest BCUT2D eigenvalue weighted by molar-refractivity contribution is 7.89. The lowest BCUT2D eigenvalue weighted by atomic mass is 10.0. The molecule has 4 rings (SSSR count). The summed E-state index contributed by atoms with van der Waals surface area (Å²) >= 11 is 0. The highest BCUT2D eigenvalue weighted by Gasteiger charge is 2.37. The van der Waals surface area contributed by atoms with Gasteiger partial charge >= 0.3 is 18.3 Å². The number of esters is 1. The number of anilines is 1. The van der Waals surface area contributed by atoms with E-state index < -0.39 is 57.7 Å². The van der Waals surface area contributed by atoms with Gasteiger partial charge in [0.15, 0.2) is 6.61 Å². The maximum atomic E-state index is 13.1. The quantitative estimate of drug-likeness (QED) is 0.314. The summed E-state index contributed by atoms with van der Waals surface area (Å²) in [5.41, 5.74) is -2.23. The van der Waals surface area contributed by atoms with Crippen LogP contribution in [0.1, 0.15) is 32.6 Å². The maximum absolute atomic E-state index is 13.1. The predicted molar refractivity (Wildman–Crippen MR) is 130 cm³/mol. The number of alkyl halides is 6. The molecule has 1 aliphatic heterocycles. The molecular formula is C26H20F6N2O5S. The van der Waals surface area contributed by atoms with Gasteiger partial charge in [-0.05, 0) is 60.0 Å². The maximum Gasteiger partial charge on any atom is 0.416 e. The van der Waals surface area contributed by atoms with Crippen LogP contribution in [0.25, 0.3) is 0 Å². The summed E-state index contributed by atoms with van der Waals surface area (Å²) in [4.78, 5) is 24.3. The number of sulfonamides is 1. The number of hydrogen-bond donors (Lipinski definition) is 1. The number of fused-ring (bicyclic) bond motifs is 1. The number of ether oxygens (including phenoxy) is 1. The van der Waals surface area contributed by atoms with Gasteiger partial charge in [0.05, 0.1) is 21.6 Å². The zero-order chi connectivity index (χ0) is 29.3. The molecule has 0 radical (unpaired) electrons. The molecule has 1 N–H and O–H groups in total. The number of benzene rings is 3. The van der Waals surface area contributed by atoms with Crippen LogP contribution in [0.4, 0.5) is 32.0 Å². The summed E-state index contributed by atoms with van der Waals surface area (Å²) in [6, 6.07) is 12.7. The summed E-state index contributed by atoms with van der Waals surface area (Å²) in [5, 5.41) is 1.85. The topological polar surface area (TPSA) is 92.8 Å². The van der Waals surface area contributed by atoms with Crippen molar-refractivity contribution < 1.29 is 49.1 Å². The lowest BCUT2D eigenvalue weighted by Gasteiger charge is -2.28. The average molecular weight is 587 g/mol. The average Bonchev–Trinajstić information content (AvgIpc) is 2.90. The molecule has 0 saturated heterocycles. The smallest absolute Gasteiger partial charge is 0.416 e. The van der Waals surface area contributed by atoms with Crippen LogP contribution in [0.3, 0.4) is 0 Å². The van der Waals surface area contributed by atoms with Crippen molar-refractivity contribution in [2.75, 3.05) is 18.5 Å². The normalized spacial score (nSPS) is 14.3. The van der Waals surface area contributed by atoms with Crippen LogP contribution >= 0.6 is 0 Å². The van der Waals surface area contributed by atoms with Gasteiger partial charge in [0, 0.05) is 18.8 Å². The molecule has 3 aromatic carbocycles. The monoisotopic (exact) mass is 586 g/mol. The van der Waals surface area contributed by atoms with Crippen molar-refractivity contribution in [2.24, 2.45) is 0 Å². The molecular weight excluding hydrogens is 566 g/mol. The van der Waals surface area contributed by atoms with E-state index in [4.69, 9.17) is 4.74 Å². The lowest BCUT2D eigenvalue weighted by Crippen LogP contribution is -2.35. The zero-order valence-corrected chi connectivity index (χ0v) is 21.2. The van der Waals surface area contributed by atoms with Gasteiger partial charge in [-0.1, -0.05) is 24.3 Å². The Kier molecular flexibility index (Phi) is 7.94. The third kappa shape index (κ3) is 6.62. The fourth-order valence-corrected chi connectivity index (χ4v) is 5.44. The number of halogens is 6. The molecule has 0 saturated carbocycles. The molecule has 3 aromatic rings. The van der Waals surface area contributed by atoms with Crippen molar-refractivity contribution in [3.63, 3.8) is 0 Å². The first-order valence-electron chi connectivity index (χ1n) is 11.6. The van der Waals surface area contributed by atoms with Gasteiger partial charge in [-0.2, -0.15) is 30.6 Å². The first-order valence-corrected chi connectivity index (χ1v) is 13.0. The van der Waals surface area contributed by atoms with E-state index in [1.807, 2.05) is 29.6 Å². The Balaban J connectivity index is 1.38. The SMILES string of the molecule is O=C(COC(=O)c1ccc(S(=O)(=O)N2CCc3ccccc3C2)cc1)Nc1cc(C(F)(F)F)cc(C(F)(F)F)c1. The Morgan fingerprint density at radius 2 is 1.43 bits per heavy atom. The van der Waals surface area contributed by atoms with Crippen molar-refractivity contribution in [2.45, 2.75) is 30.2 Å². The molecule has 0 fully saturated rings. The molecule has 0 spiro atoms. The fourth-order valence-electron chi connectivity index (χ4n) is 4.03. The molecule has 0 bridgehead atoms. The summed E-state index contributed by atoms with van der Waals surface area (Å²) in [6.45, 7) is -0.563. The molecule has 14 heteroatoms. The van der Waals surface area contributed by atoms with Gasteiger partial charge in [-0.25, -0.2) is 13.2 Å². The van der Waals surface area contributed by atoms with E-state index in [0.717, 1.165) is 23.3 Å². The molecule has 1 heterocycles. The summed E-state index contributed by atoms with van der Waals surface area (Å²) < 4.78 is 110. The van der Waals surface area contributed by atoms with Gasteiger partial charge in [0.2, 0.25) is 10.0 Å². The van der Waals surface area contributed by atoms with Gasteiger partial charge in [0.1, 0.15) is 0 Å². The number of hydrogen-bond acceptors (Lipinski definition) is 5. The van der Waals surface area contributed by atoms with Crippen LogP contribution in [0.15, 0.2) is 71.6 Å². The van der Waals surface area contributed by atoms with Crippen molar-refractivity contribution in [1.82, 2.24) is 4.31 Å². The van der Waals surface area contributed by atoms with E-state index in [2.05, 4.69) is 0 Å². The molecule has 0 aromatic heterocycles. The lowest BCUT2D eigenvalue weighted by molar-refractivity contribution is -0.143. The van der Waals surface area contributed by atoms with Crippen molar-refractivity contribution >= 4 is 27.6 Å². The molecule has 7 nitrogen and oxygen atoms in total. The van der Waals surface area contributed by atoms with Crippen LogP contribution in [0.2, 0.25) is 0 Å². The number of rotatable bonds is 6. The van der Waals surface area contributed by atoms with Gasteiger partial charge < -0.3 is 10.1 Å². The number of carbonyl (C=O) groups is 2. The van der Waals surface area contributed by atoms with Crippen molar-refractivity contribution in [1.29, 1.82) is 0 Å². The second-order valence-electron chi connectivity index (χ2n) is 8.80. The highest BCUT2D eigenvalue weighted by Crippen LogP contribution is 2.37. The number of nitrogens with one attached hydrogen (secondary N) is 1. The number of amides is 1. The Bertz CT molecular complexity index is 1500. The molecule has 0 aliphatic carbocycles.